The van der Waals surface area contributed by atoms with Gasteiger partial charge < -0.3 is 14.3 Å². The number of pyridine rings is 1. The molecule has 0 saturated heterocycles. The van der Waals surface area contributed by atoms with Crippen molar-refractivity contribution in [3.05, 3.63) is 59.7 Å². The van der Waals surface area contributed by atoms with E-state index in [1.54, 1.807) is 0 Å². The van der Waals surface area contributed by atoms with Crippen LogP contribution in [-0.4, -0.2) is 17.9 Å². The van der Waals surface area contributed by atoms with Gasteiger partial charge in [0.25, 0.3) is 0 Å². The highest BCUT2D eigenvalue weighted by atomic mass is 16.5. The molecule has 0 amide bonds. The van der Waals surface area contributed by atoms with Crippen molar-refractivity contribution in [2.24, 2.45) is 5.92 Å². The van der Waals surface area contributed by atoms with Crippen LogP contribution in [0.25, 0.3) is 10.9 Å². The zero-order chi connectivity index (χ0) is 18.5. The van der Waals surface area contributed by atoms with Crippen LogP contribution in [0.1, 0.15) is 25.0 Å². The molecule has 1 aromatic heterocycles. The predicted octanol–water partition coefficient (Wildman–Crippen LogP) is 5.11. The first kappa shape index (κ1) is 17.9. The minimum Gasteiger partial charge on any atom is -0.493 e. The highest BCUT2D eigenvalue weighted by Crippen LogP contribution is 2.28. The van der Waals surface area contributed by atoms with E-state index in [-0.39, 0.29) is 0 Å². The number of aryl methyl sites for hydroxylation is 1. The predicted molar refractivity (Wildman–Crippen MR) is 103 cm³/mol. The topological polar surface area (TPSA) is 48.4 Å². The summed E-state index contributed by atoms with van der Waals surface area (Å²) in [6.07, 6.45) is 1.32. The molecule has 134 valence electrons. The Labute approximate surface area is 153 Å². The molecule has 26 heavy (non-hydrogen) atoms. The Hall–Kier alpha value is -2.88. The van der Waals surface area contributed by atoms with Gasteiger partial charge >= 0.3 is 0 Å². The van der Waals surface area contributed by atoms with E-state index in [0.29, 0.717) is 24.8 Å². The minimum absolute atomic E-state index is 0.415. The lowest BCUT2D eigenvalue weighted by atomic mass is 10.1. The number of ether oxygens (including phenoxy) is 2. The number of carbonyl (C=O) groups excluding carboxylic acids is 1. The summed E-state index contributed by atoms with van der Waals surface area (Å²) in [5, 5.41) is 0.992. The van der Waals surface area contributed by atoms with Crippen molar-refractivity contribution in [1.29, 1.82) is 0 Å². The molecule has 0 atom stereocenters. The summed E-state index contributed by atoms with van der Waals surface area (Å²) in [6.45, 7) is 6.93. The van der Waals surface area contributed by atoms with Crippen molar-refractivity contribution in [3.8, 4) is 17.4 Å². The van der Waals surface area contributed by atoms with Gasteiger partial charge in [0.05, 0.1) is 12.1 Å². The lowest BCUT2D eigenvalue weighted by Crippen LogP contribution is -2.04. The smallest absolute Gasteiger partial charge is 0.219 e. The summed E-state index contributed by atoms with van der Waals surface area (Å²) in [5.41, 5.74) is 2.82. The third-order valence-electron chi connectivity index (χ3n) is 3.99. The average molecular weight is 349 g/mol. The van der Waals surface area contributed by atoms with Gasteiger partial charge in [0, 0.05) is 17.9 Å². The van der Waals surface area contributed by atoms with Gasteiger partial charge in [-0.3, -0.25) is 0 Å². The summed E-state index contributed by atoms with van der Waals surface area (Å²) in [6, 6.07) is 15.4. The molecule has 0 N–H and O–H groups in total. The van der Waals surface area contributed by atoms with Gasteiger partial charge in [-0.05, 0) is 60.4 Å². The lowest BCUT2D eigenvalue weighted by molar-refractivity contribution is -0.107. The second-order valence-electron chi connectivity index (χ2n) is 6.78. The van der Waals surface area contributed by atoms with Crippen LogP contribution in [0.15, 0.2) is 48.5 Å². The molecule has 3 aromatic rings. The number of fused-ring (bicyclic) bond motifs is 1. The number of benzene rings is 2. The van der Waals surface area contributed by atoms with Crippen molar-refractivity contribution in [3.63, 3.8) is 0 Å². The van der Waals surface area contributed by atoms with Crippen LogP contribution in [0, 0.1) is 12.8 Å². The van der Waals surface area contributed by atoms with Crippen molar-refractivity contribution in [1.82, 2.24) is 4.98 Å². The van der Waals surface area contributed by atoms with E-state index < -0.39 is 0 Å². The fraction of sp³-hybridized carbons (Fsp3) is 0.273. The highest BCUT2D eigenvalue weighted by Gasteiger charge is 2.07. The van der Waals surface area contributed by atoms with E-state index in [4.69, 9.17) is 9.47 Å². The second-order valence-corrected chi connectivity index (χ2v) is 6.78. The van der Waals surface area contributed by atoms with Crippen molar-refractivity contribution < 1.29 is 14.3 Å². The molecule has 3 rings (SSSR count). The van der Waals surface area contributed by atoms with E-state index in [2.05, 4.69) is 18.8 Å². The van der Waals surface area contributed by atoms with Gasteiger partial charge in [0.1, 0.15) is 17.8 Å². The molecule has 0 bridgehead atoms. The van der Waals surface area contributed by atoms with Crippen molar-refractivity contribution >= 4 is 17.2 Å². The number of rotatable bonds is 7. The van der Waals surface area contributed by atoms with Gasteiger partial charge in [0.2, 0.25) is 5.88 Å². The Morgan fingerprint density at radius 2 is 1.92 bits per heavy atom. The Bertz CT molecular complexity index is 918. The monoisotopic (exact) mass is 349 g/mol. The second kappa shape index (κ2) is 8.00. The molecule has 0 aliphatic carbocycles. The average Bonchev–Trinajstić information content (AvgIpc) is 2.62. The summed E-state index contributed by atoms with van der Waals surface area (Å²) in [4.78, 5) is 15.2. The third kappa shape index (κ3) is 4.39. The number of nitrogens with zero attached hydrogens (tertiary/aromatic N) is 1. The van der Waals surface area contributed by atoms with Crippen LogP contribution < -0.4 is 9.47 Å². The fourth-order valence-electron chi connectivity index (χ4n) is 2.64. The number of hydrogen-bond acceptors (Lipinski definition) is 4. The summed E-state index contributed by atoms with van der Waals surface area (Å²) < 4.78 is 11.7. The van der Waals surface area contributed by atoms with Gasteiger partial charge in [-0.2, -0.15) is 0 Å². The lowest BCUT2D eigenvalue weighted by Gasteiger charge is -2.12. The van der Waals surface area contributed by atoms with Crippen LogP contribution in [0.2, 0.25) is 0 Å². The zero-order valence-electron chi connectivity index (χ0n) is 15.4. The summed E-state index contributed by atoms with van der Waals surface area (Å²) >= 11 is 0. The molecular formula is C22H23NO3. The first-order valence-corrected chi connectivity index (χ1v) is 8.80. The van der Waals surface area contributed by atoms with Gasteiger partial charge in [-0.1, -0.05) is 19.9 Å². The maximum Gasteiger partial charge on any atom is 0.219 e. The van der Waals surface area contributed by atoms with Crippen molar-refractivity contribution in [2.75, 3.05) is 6.61 Å². The quantitative estimate of drug-likeness (QED) is 0.556. The van der Waals surface area contributed by atoms with Crippen LogP contribution in [0.4, 0.5) is 0 Å². The first-order chi connectivity index (χ1) is 12.5. The number of carbonyl (C=O) groups is 1. The van der Waals surface area contributed by atoms with E-state index in [9.17, 15) is 4.79 Å². The van der Waals surface area contributed by atoms with E-state index >= 15 is 0 Å². The molecule has 0 aliphatic rings. The molecule has 4 nitrogen and oxygen atoms in total. The van der Waals surface area contributed by atoms with Gasteiger partial charge in [0.15, 0.2) is 0 Å². The molecule has 0 fully saturated rings. The molecule has 0 spiro atoms. The normalized spacial score (nSPS) is 10.9. The summed E-state index contributed by atoms with van der Waals surface area (Å²) in [7, 11) is 0. The largest absolute Gasteiger partial charge is 0.493 e. The number of aromatic nitrogens is 1. The Balaban J connectivity index is 1.77. The molecule has 2 aromatic carbocycles. The van der Waals surface area contributed by atoms with Crippen LogP contribution in [0.3, 0.4) is 0 Å². The maximum atomic E-state index is 10.7. The maximum absolute atomic E-state index is 10.7. The van der Waals surface area contributed by atoms with Gasteiger partial charge in [-0.25, -0.2) is 4.98 Å². The number of hydrogen-bond donors (Lipinski definition) is 0. The van der Waals surface area contributed by atoms with E-state index in [1.165, 1.54) is 0 Å². The molecule has 1 heterocycles. The van der Waals surface area contributed by atoms with Crippen molar-refractivity contribution in [2.45, 2.75) is 27.2 Å². The highest BCUT2D eigenvalue weighted by molar-refractivity contribution is 5.80. The van der Waals surface area contributed by atoms with E-state index in [1.807, 2.05) is 55.5 Å². The zero-order valence-corrected chi connectivity index (χ0v) is 15.4. The van der Waals surface area contributed by atoms with E-state index in [0.717, 1.165) is 39.8 Å². The van der Waals surface area contributed by atoms with Crippen LogP contribution >= 0.6 is 0 Å². The standard InChI is InChI=1S/C22H23NO3/c1-15(2)14-25-19-6-8-21(16(3)12-19)26-22-9-5-18-13-17(10-11-24)4-7-20(18)23-22/h4-9,11-13,15H,10,14H2,1-3H3. The van der Waals surface area contributed by atoms with Crippen LogP contribution in [0.5, 0.6) is 17.4 Å². The number of aldehydes is 1. The first-order valence-electron chi connectivity index (χ1n) is 8.80. The molecule has 0 saturated carbocycles. The summed E-state index contributed by atoms with van der Waals surface area (Å²) in [5.74, 6) is 2.63. The third-order valence-corrected chi connectivity index (χ3v) is 3.99. The minimum atomic E-state index is 0.415. The fourth-order valence-corrected chi connectivity index (χ4v) is 2.64. The Morgan fingerprint density at radius 1 is 1.08 bits per heavy atom. The molecular weight excluding hydrogens is 326 g/mol. The van der Waals surface area contributed by atoms with Crippen LogP contribution in [-0.2, 0) is 11.2 Å². The van der Waals surface area contributed by atoms with Gasteiger partial charge in [-0.15, -0.1) is 0 Å². The Kier molecular flexibility index (Phi) is 5.52. The Morgan fingerprint density at radius 3 is 2.65 bits per heavy atom. The SMILES string of the molecule is Cc1cc(OCC(C)C)ccc1Oc1ccc2cc(CC=O)ccc2n1. The molecule has 0 unspecified atom stereocenters. The molecule has 0 radical (unpaired) electrons. The molecule has 0 aliphatic heterocycles. The molecule has 4 heteroatoms.